The van der Waals surface area contributed by atoms with Gasteiger partial charge in [-0.1, -0.05) is 147 Å². The lowest BCUT2D eigenvalue weighted by molar-refractivity contribution is 0.924. The average Bonchev–Trinajstić information content (AvgIpc) is 3.05. The van der Waals surface area contributed by atoms with Crippen LogP contribution in [0.15, 0.2) is 143 Å². The van der Waals surface area contributed by atoms with Gasteiger partial charge in [0.15, 0.2) is 0 Å². The molecule has 0 fully saturated rings. The van der Waals surface area contributed by atoms with Gasteiger partial charge in [0.25, 0.3) is 0 Å². The molecule has 2 heteroatoms. The van der Waals surface area contributed by atoms with Gasteiger partial charge in [0.1, 0.15) is 0 Å². The molecule has 42 heavy (non-hydrogen) atoms. The van der Waals surface area contributed by atoms with Crippen molar-refractivity contribution < 1.29 is 0 Å². The van der Waals surface area contributed by atoms with Crippen LogP contribution in [0, 0.1) is 0 Å². The zero-order valence-corrected chi connectivity index (χ0v) is 24.8. The first-order valence-electron chi connectivity index (χ1n) is 14.8. The van der Waals surface area contributed by atoms with Crippen molar-refractivity contribution in [2.75, 3.05) is 0 Å². The molecule has 0 unspecified atom stereocenters. The van der Waals surface area contributed by atoms with E-state index < -0.39 is 0 Å². The van der Waals surface area contributed by atoms with Gasteiger partial charge in [0.2, 0.25) is 0 Å². The van der Waals surface area contributed by atoms with Crippen LogP contribution in [-0.4, -0.2) is 11.4 Å². The Morgan fingerprint density at radius 1 is 0.429 bits per heavy atom. The summed E-state index contributed by atoms with van der Waals surface area (Å²) in [5.74, 6) is 0.409. The molecule has 206 valence electrons. The quantitative estimate of drug-likeness (QED) is 0.179. The Morgan fingerprint density at radius 2 is 0.786 bits per heavy atom. The van der Waals surface area contributed by atoms with Gasteiger partial charge in [-0.25, -0.2) is 0 Å². The van der Waals surface area contributed by atoms with Gasteiger partial charge in [-0.2, -0.15) is 0 Å². The number of nitrogens with zero attached hydrogens (tertiary/aromatic N) is 2. The monoisotopic (exact) mass is 544 g/mol. The fourth-order valence-corrected chi connectivity index (χ4v) is 5.83. The number of fused-ring (bicyclic) bond motifs is 2. The van der Waals surface area contributed by atoms with E-state index in [1.54, 1.807) is 0 Å². The molecular weight excluding hydrogens is 508 g/mol. The first-order chi connectivity index (χ1) is 20.5. The Bertz CT molecular complexity index is 1770. The van der Waals surface area contributed by atoms with Crippen molar-refractivity contribution >= 4 is 44.3 Å². The summed E-state index contributed by atoms with van der Waals surface area (Å²) in [7, 11) is 0. The van der Waals surface area contributed by atoms with Gasteiger partial charge in [0.05, 0.1) is 22.8 Å². The predicted molar refractivity (Wildman–Crippen MR) is 181 cm³/mol. The Balaban J connectivity index is 1.49. The molecule has 0 saturated heterocycles. The zero-order valence-electron chi connectivity index (χ0n) is 24.8. The minimum absolute atomic E-state index is 0.205. The van der Waals surface area contributed by atoms with Crippen LogP contribution in [0.3, 0.4) is 0 Å². The van der Waals surface area contributed by atoms with E-state index in [0.717, 1.165) is 33.6 Å². The number of hydrogen-bond acceptors (Lipinski definition) is 2. The lowest BCUT2D eigenvalue weighted by atomic mass is 9.89. The number of hydrogen-bond donors (Lipinski definition) is 0. The summed E-state index contributed by atoms with van der Waals surface area (Å²) in [4.78, 5) is 10.7. The van der Waals surface area contributed by atoms with Gasteiger partial charge in [-0.15, -0.1) is 0 Å². The van der Waals surface area contributed by atoms with Crippen LogP contribution in [-0.2, 0) is 0 Å². The molecule has 6 rings (SSSR count). The van der Waals surface area contributed by atoms with Gasteiger partial charge >= 0.3 is 0 Å². The molecule has 0 aromatic heterocycles. The number of aliphatic imine (C=N–C) groups is 2. The van der Waals surface area contributed by atoms with Crippen molar-refractivity contribution in [3.05, 3.63) is 156 Å². The number of benzene rings is 6. The van der Waals surface area contributed by atoms with Crippen LogP contribution in [0.1, 0.15) is 61.8 Å². The summed E-state index contributed by atoms with van der Waals surface area (Å²) >= 11 is 0. The lowest BCUT2D eigenvalue weighted by Gasteiger charge is -2.18. The maximum Gasteiger partial charge on any atom is 0.0750 e. The molecular formula is C40H36N2. The van der Waals surface area contributed by atoms with Gasteiger partial charge in [-0.3, -0.25) is 9.98 Å². The van der Waals surface area contributed by atoms with Crippen molar-refractivity contribution in [1.29, 1.82) is 0 Å². The fourth-order valence-electron chi connectivity index (χ4n) is 5.83. The molecule has 0 spiro atoms. The molecule has 0 heterocycles. The third kappa shape index (κ3) is 5.41. The van der Waals surface area contributed by atoms with E-state index in [1.807, 2.05) is 0 Å². The largest absolute Gasteiger partial charge is 0.251 e. The first-order valence-corrected chi connectivity index (χ1v) is 14.8. The third-order valence-corrected chi connectivity index (χ3v) is 8.48. The fraction of sp³-hybridized carbons (Fsp3) is 0.150. The summed E-state index contributed by atoms with van der Waals surface area (Å²) in [5, 5.41) is 4.70. The van der Waals surface area contributed by atoms with E-state index in [-0.39, 0.29) is 11.8 Å². The van der Waals surface area contributed by atoms with E-state index in [2.05, 4.69) is 161 Å². The Hall–Kier alpha value is -4.82. The Morgan fingerprint density at radius 3 is 1.19 bits per heavy atom. The molecule has 6 aromatic rings. The van der Waals surface area contributed by atoms with Crippen LogP contribution in [0.25, 0.3) is 21.5 Å². The molecule has 0 aliphatic heterocycles. The highest BCUT2D eigenvalue weighted by Crippen LogP contribution is 2.39. The van der Waals surface area contributed by atoms with Crippen LogP contribution >= 0.6 is 0 Å². The second-order valence-corrected chi connectivity index (χ2v) is 11.1. The van der Waals surface area contributed by atoms with E-state index >= 15 is 0 Å². The van der Waals surface area contributed by atoms with Gasteiger partial charge in [0, 0.05) is 22.6 Å². The molecule has 0 aliphatic rings. The van der Waals surface area contributed by atoms with Crippen molar-refractivity contribution in [3.8, 4) is 0 Å². The molecule has 0 N–H and O–H groups in total. The second-order valence-electron chi connectivity index (χ2n) is 11.1. The van der Waals surface area contributed by atoms with E-state index in [9.17, 15) is 0 Å². The smallest absolute Gasteiger partial charge is 0.0750 e. The summed E-state index contributed by atoms with van der Waals surface area (Å²) < 4.78 is 0. The molecule has 6 aromatic carbocycles. The molecule has 0 saturated carbocycles. The SMILES string of the molecule is CC(=Nc1c([C@@H](C)c2ccccc2)ccc2ccccc12)C(C)=Nc1c([C@@H](C)c2ccccc2)ccc2ccccc12. The highest BCUT2D eigenvalue weighted by molar-refractivity contribution is 6.42. The van der Waals surface area contributed by atoms with E-state index in [4.69, 9.17) is 9.98 Å². The minimum Gasteiger partial charge on any atom is -0.251 e. The summed E-state index contributed by atoms with van der Waals surface area (Å²) in [6.07, 6.45) is 0. The van der Waals surface area contributed by atoms with Crippen LogP contribution in [0.4, 0.5) is 11.4 Å². The van der Waals surface area contributed by atoms with Crippen molar-refractivity contribution in [1.82, 2.24) is 0 Å². The standard InChI is InChI=1S/C40H36N2/c1-27(31-15-7-5-8-16-31)35-25-23-33-19-11-13-21-37(33)39(35)41-29(3)30(4)42-40-36(28(2)32-17-9-6-10-18-32)26-24-34-20-12-14-22-38(34)40/h5-28H,1-4H3/t27-,28-/m0/s1. The van der Waals surface area contributed by atoms with Crippen LogP contribution in [0.5, 0.6) is 0 Å². The molecule has 2 nitrogen and oxygen atoms in total. The Kier molecular flexibility index (Phi) is 7.79. The topological polar surface area (TPSA) is 24.7 Å². The van der Waals surface area contributed by atoms with Crippen molar-refractivity contribution in [2.45, 2.75) is 39.5 Å². The number of rotatable bonds is 7. The maximum atomic E-state index is 5.33. The zero-order chi connectivity index (χ0) is 29.1. The Labute approximate surface area is 249 Å². The first kappa shape index (κ1) is 27.4. The lowest BCUT2D eigenvalue weighted by Crippen LogP contribution is -2.07. The summed E-state index contributed by atoms with van der Waals surface area (Å²) in [6.45, 7) is 8.70. The van der Waals surface area contributed by atoms with E-state index in [1.165, 1.54) is 33.0 Å². The van der Waals surface area contributed by atoms with Crippen molar-refractivity contribution in [3.63, 3.8) is 0 Å². The molecule has 0 amide bonds. The highest BCUT2D eigenvalue weighted by atomic mass is 14.8. The highest BCUT2D eigenvalue weighted by Gasteiger charge is 2.18. The predicted octanol–water partition coefficient (Wildman–Crippen LogP) is 11.2. The summed E-state index contributed by atoms with van der Waals surface area (Å²) in [5.41, 5.74) is 8.87. The second kappa shape index (κ2) is 12.0. The molecule has 0 bridgehead atoms. The van der Waals surface area contributed by atoms with Crippen LogP contribution in [0.2, 0.25) is 0 Å². The van der Waals surface area contributed by atoms with E-state index in [0.29, 0.717) is 0 Å². The molecule has 0 radical (unpaired) electrons. The van der Waals surface area contributed by atoms with Crippen molar-refractivity contribution in [2.24, 2.45) is 9.98 Å². The van der Waals surface area contributed by atoms with Crippen LogP contribution < -0.4 is 0 Å². The minimum atomic E-state index is 0.205. The maximum absolute atomic E-state index is 5.33. The van der Waals surface area contributed by atoms with Gasteiger partial charge < -0.3 is 0 Å². The average molecular weight is 545 g/mol. The third-order valence-electron chi connectivity index (χ3n) is 8.48. The molecule has 2 atom stereocenters. The molecule has 0 aliphatic carbocycles. The van der Waals surface area contributed by atoms with Gasteiger partial charge in [-0.05, 0) is 46.9 Å². The summed E-state index contributed by atoms with van der Waals surface area (Å²) in [6, 6.07) is 47.3. The normalized spacial score (nSPS) is 13.8.